The highest BCUT2D eigenvalue weighted by Gasteiger charge is 2.84. The number of carbonyl (C=O) groups is 1. The van der Waals surface area contributed by atoms with E-state index in [1.807, 2.05) is 13.8 Å². The van der Waals surface area contributed by atoms with Crippen LogP contribution in [0.3, 0.4) is 0 Å². The average molecular weight is 448 g/mol. The quantitative estimate of drug-likeness (QED) is 0.751. The Kier molecular flexibility index (Phi) is 4.37. The molecule has 1 N–H and O–H groups in total. The molecule has 0 spiro atoms. The number of aromatic nitrogens is 3. The van der Waals surface area contributed by atoms with Gasteiger partial charge in [0, 0.05) is 17.8 Å². The predicted molar refractivity (Wildman–Crippen MR) is 114 cm³/mol. The fourth-order valence-electron chi connectivity index (χ4n) is 9.34. The molecule has 0 aliphatic heterocycles. The van der Waals surface area contributed by atoms with Crippen molar-refractivity contribution in [2.24, 2.45) is 52.8 Å². The largest absolute Gasteiger partial charge is 0.390 e. The molecule has 5 aliphatic rings. The summed E-state index contributed by atoms with van der Waals surface area (Å²) < 4.78 is 30.2. The Morgan fingerprint density at radius 2 is 1.84 bits per heavy atom. The Balaban J connectivity index is 1.28. The van der Waals surface area contributed by atoms with Crippen molar-refractivity contribution in [3.05, 3.63) is 11.9 Å². The van der Waals surface area contributed by atoms with E-state index in [0.29, 0.717) is 23.7 Å². The number of aliphatic hydroxyl groups is 1. The zero-order chi connectivity index (χ0) is 22.6. The molecule has 0 amide bonds. The third-order valence-electron chi connectivity index (χ3n) is 10.5. The molecule has 5 saturated carbocycles. The van der Waals surface area contributed by atoms with Gasteiger partial charge in [-0.2, -0.15) is 15.0 Å². The molecule has 1 unspecified atom stereocenters. The molecule has 1 aromatic heterocycles. The van der Waals surface area contributed by atoms with Crippen LogP contribution in [0.4, 0.5) is 8.78 Å². The summed E-state index contributed by atoms with van der Waals surface area (Å²) in [7, 11) is 0. The lowest BCUT2D eigenvalue weighted by atomic mass is 9.47. The van der Waals surface area contributed by atoms with Gasteiger partial charge < -0.3 is 5.11 Å². The van der Waals surface area contributed by atoms with Gasteiger partial charge in [-0.25, -0.2) is 8.78 Å². The number of alkyl halides is 2. The minimum atomic E-state index is -2.72. The average Bonchev–Trinajstić information content (AvgIpc) is 3.01. The van der Waals surface area contributed by atoms with E-state index in [-0.39, 0.29) is 23.7 Å². The number of aryl methyl sites for hydroxylation is 1. The lowest BCUT2D eigenvalue weighted by Gasteiger charge is -2.57. The van der Waals surface area contributed by atoms with Crippen molar-refractivity contribution in [1.82, 2.24) is 15.0 Å². The Morgan fingerprint density at radius 1 is 1.09 bits per heavy atom. The molecule has 0 radical (unpaired) electrons. The van der Waals surface area contributed by atoms with Crippen LogP contribution in [0, 0.1) is 59.7 Å². The number of hydrogen-bond donors (Lipinski definition) is 1. The maximum atomic E-state index is 15.1. The fraction of sp³-hybridized carbons (Fsp3) is 0.880. The first-order chi connectivity index (χ1) is 15.0. The third kappa shape index (κ3) is 2.85. The van der Waals surface area contributed by atoms with E-state index in [9.17, 15) is 9.90 Å². The van der Waals surface area contributed by atoms with Crippen molar-refractivity contribution < 1.29 is 18.7 Å². The summed E-state index contributed by atoms with van der Waals surface area (Å²) in [5.41, 5.74) is -0.188. The van der Waals surface area contributed by atoms with E-state index < -0.39 is 29.3 Å². The predicted octanol–water partition coefficient (Wildman–Crippen LogP) is 4.28. The molecule has 1 aromatic rings. The van der Waals surface area contributed by atoms with Gasteiger partial charge in [-0.1, -0.05) is 6.92 Å². The number of nitrogens with zero attached hydrogens (tertiary/aromatic N) is 3. The molecule has 176 valence electrons. The van der Waals surface area contributed by atoms with Crippen LogP contribution in [0.5, 0.6) is 0 Å². The second kappa shape index (κ2) is 6.61. The summed E-state index contributed by atoms with van der Waals surface area (Å²) in [4.78, 5) is 14.8. The molecule has 1 heterocycles. The molecule has 5 nitrogen and oxygen atoms in total. The molecule has 10 atom stereocenters. The highest BCUT2D eigenvalue weighted by Crippen LogP contribution is 2.79. The number of ketones is 1. The van der Waals surface area contributed by atoms with E-state index in [4.69, 9.17) is 0 Å². The van der Waals surface area contributed by atoms with Crippen LogP contribution in [0.15, 0.2) is 6.20 Å². The second-order valence-corrected chi connectivity index (χ2v) is 12.3. The maximum Gasteiger partial charge on any atom is 0.255 e. The molecular formula is C25H35F2N3O2. The smallest absolute Gasteiger partial charge is 0.255 e. The van der Waals surface area contributed by atoms with Gasteiger partial charge in [-0.15, -0.1) is 0 Å². The van der Waals surface area contributed by atoms with Gasteiger partial charge in [-0.3, -0.25) is 4.79 Å². The molecule has 32 heavy (non-hydrogen) atoms. The molecule has 6 rings (SSSR count). The standard InChI is InChI=1S/C25H35F2N3O2/c1-13-11-28-30(29-13)12-18(31)20-22-21(25(22,26)27)19-17-5-4-14-10-23(2,32)8-6-15(14)16(17)7-9-24(19,20)3/h11,14-17,19-22,32H,4-10,12H2,1-3H3/t14?,15-,16+,17+,19+,20-,21-,22+,23+,24-/m0/s1. The molecule has 5 fully saturated rings. The van der Waals surface area contributed by atoms with Gasteiger partial charge in [0.25, 0.3) is 5.92 Å². The van der Waals surface area contributed by atoms with Crippen LogP contribution in [-0.4, -0.2) is 37.4 Å². The van der Waals surface area contributed by atoms with Gasteiger partial charge in [-0.05, 0) is 93.8 Å². The van der Waals surface area contributed by atoms with Crippen LogP contribution < -0.4 is 0 Å². The molecule has 0 saturated heterocycles. The second-order valence-electron chi connectivity index (χ2n) is 12.3. The highest BCUT2D eigenvalue weighted by molar-refractivity contribution is 5.83. The van der Waals surface area contributed by atoms with Gasteiger partial charge in [0.1, 0.15) is 6.54 Å². The monoisotopic (exact) mass is 447 g/mol. The van der Waals surface area contributed by atoms with Crippen molar-refractivity contribution in [3.8, 4) is 0 Å². The molecule has 5 aliphatic carbocycles. The Bertz CT molecular complexity index is 945. The summed E-state index contributed by atoms with van der Waals surface area (Å²) in [6, 6.07) is 0. The van der Waals surface area contributed by atoms with Crippen LogP contribution in [0.2, 0.25) is 0 Å². The minimum absolute atomic E-state index is 0.00596. The van der Waals surface area contributed by atoms with Crippen LogP contribution in [0.25, 0.3) is 0 Å². The lowest BCUT2D eigenvalue weighted by molar-refractivity contribution is -0.146. The number of Topliss-reactive ketones (excluding diaryl/α,β-unsaturated/α-hetero) is 1. The Morgan fingerprint density at radius 3 is 2.56 bits per heavy atom. The summed E-state index contributed by atoms with van der Waals surface area (Å²) in [6.07, 6.45) is 8.19. The van der Waals surface area contributed by atoms with Gasteiger partial charge in [0.15, 0.2) is 5.78 Å². The van der Waals surface area contributed by atoms with Crippen molar-refractivity contribution in [3.63, 3.8) is 0 Å². The zero-order valence-electron chi connectivity index (χ0n) is 19.3. The van der Waals surface area contributed by atoms with E-state index in [0.717, 1.165) is 50.6 Å². The third-order valence-corrected chi connectivity index (χ3v) is 10.5. The Hall–Kier alpha value is -1.37. The van der Waals surface area contributed by atoms with Crippen LogP contribution >= 0.6 is 0 Å². The van der Waals surface area contributed by atoms with E-state index in [2.05, 4.69) is 17.1 Å². The zero-order valence-corrected chi connectivity index (χ0v) is 19.3. The molecular weight excluding hydrogens is 412 g/mol. The van der Waals surface area contributed by atoms with Crippen molar-refractivity contribution in [2.75, 3.05) is 0 Å². The molecule has 7 heteroatoms. The Labute approximate surface area is 188 Å². The first-order valence-electron chi connectivity index (χ1n) is 12.5. The van der Waals surface area contributed by atoms with Crippen molar-refractivity contribution >= 4 is 5.78 Å². The van der Waals surface area contributed by atoms with Crippen molar-refractivity contribution in [1.29, 1.82) is 0 Å². The number of carbonyl (C=O) groups excluding carboxylic acids is 1. The van der Waals surface area contributed by atoms with E-state index in [1.165, 1.54) is 4.80 Å². The highest BCUT2D eigenvalue weighted by atomic mass is 19.3. The normalized spacial score (nSPS) is 50.7. The SMILES string of the molecule is Cc1cnn(CC(=O)[C@H]2[C@@H]3[C@H]([C@H]4[C@@H]5CCC6C[C@](C)(O)CC[C@@H]6[C@H]5CC[C@@]42C)C3(F)F)n1. The number of halogens is 2. The molecule has 0 bridgehead atoms. The summed E-state index contributed by atoms with van der Waals surface area (Å²) in [5.74, 6) is -3.08. The number of rotatable bonds is 3. The summed E-state index contributed by atoms with van der Waals surface area (Å²) in [6.45, 7) is 5.89. The van der Waals surface area contributed by atoms with Crippen LogP contribution in [-0.2, 0) is 11.3 Å². The fourth-order valence-corrected chi connectivity index (χ4v) is 9.34. The first-order valence-corrected chi connectivity index (χ1v) is 12.5. The number of fused-ring (bicyclic) bond motifs is 7. The van der Waals surface area contributed by atoms with Gasteiger partial charge >= 0.3 is 0 Å². The topological polar surface area (TPSA) is 68.0 Å². The van der Waals surface area contributed by atoms with Crippen LogP contribution in [0.1, 0.15) is 64.5 Å². The van der Waals surface area contributed by atoms with E-state index >= 15 is 8.78 Å². The first kappa shape index (κ1) is 21.2. The maximum absolute atomic E-state index is 15.1. The van der Waals surface area contributed by atoms with E-state index in [1.54, 1.807) is 6.20 Å². The summed E-state index contributed by atoms with van der Waals surface area (Å²) >= 11 is 0. The number of hydrogen-bond acceptors (Lipinski definition) is 4. The molecule has 0 aromatic carbocycles. The van der Waals surface area contributed by atoms with Gasteiger partial charge in [0.05, 0.1) is 17.5 Å². The van der Waals surface area contributed by atoms with Gasteiger partial charge in [0.2, 0.25) is 0 Å². The summed E-state index contributed by atoms with van der Waals surface area (Å²) in [5, 5.41) is 18.9. The lowest BCUT2D eigenvalue weighted by Crippen LogP contribution is -2.53. The van der Waals surface area contributed by atoms with Crippen molar-refractivity contribution in [2.45, 2.75) is 83.8 Å². The minimum Gasteiger partial charge on any atom is -0.390 e.